The zero-order valence-electron chi connectivity index (χ0n) is 14.4. The van der Waals surface area contributed by atoms with Crippen LogP contribution in [0.4, 0.5) is 9.93 Å². The summed E-state index contributed by atoms with van der Waals surface area (Å²) in [5, 5.41) is 22.7. The number of anilines is 1. The highest BCUT2D eigenvalue weighted by Gasteiger charge is 2.37. The Bertz CT molecular complexity index is 591. The minimum absolute atomic E-state index is 0.0171. The third-order valence-electron chi connectivity index (χ3n) is 3.97. The van der Waals surface area contributed by atoms with Gasteiger partial charge in [0, 0.05) is 27.1 Å². The van der Waals surface area contributed by atoms with Crippen LogP contribution in [0.25, 0.3) is 0 Å². The number of nitrogens with one attached hydrogen (secondary N) is 1. The van der Waals surface area contributed by atoms with Gasteiger partial charge in [-0.1, -0.05) is 18.3 Å². The van der Waals surface area contributed by atoms with Gasteiger partial charge in [0.05, 0.1) is 18.6 Å². The fourth-order valence-electron chi connectivity index (χ4n) is 2.66. The Morgan fingerprint density at radius 1 is 1.42 bits per heavy atom. The molecule has 3 amide bonds. The number of amides is 3. The van der Waals surface area contributed by atoms with Crippen molar-refractivity contribution in [3.63, 3.8) is 0 Å². The fourth-order valence-corrected chi connectivity index (χ4v) is 3.49. The number of nitrogens with zero attached hydrogens (tertiary/aromatic N) is 4. The number of rotatable bonds is 5. The summed E-state index contributed by atoms with van der Waals surface area (Å²) in [6, 6.07) is -0.315. The lowest BCUT2D eigenvalue weighted by Crippen LogP contribution is -2.53. The first-order valence-corrected chi connectivity index (χ1v) is 8.95. The first kappa shape index (κ1) is 18.6. The van der Waals surface area contributed by atoms with Gasteiger partial charge in [0.15, 0.2) is 0 Å². The van der Waals surface area contributed by atoms with Crippen molar-refractivity contribution in [1.29, 1.82) is 0 Å². The zero-order chi connectivity index (χ0) is 17.7. The molecule has 0 aliphatic carbocycles. The topological polar surface area (TPSA) is 98.7 Å². The molecule has 0 aromatic carbocycles. The summed E-state index contributed by atoms with van der Waals surface area (Å²) < 4.78 is 0. The van der Waals surface area contributed by atoms with Crippen molar-refractivity contribution >= 4 is 28.4 Å². The Hall–Kier alpha value is -1.74. The first-order valence-electron chi connectivity index (χ1n) is 8.14. The van der Waals surface area contributed by atoms with E-state index < -0.39 is 5.60 Å². The molecule has 24 heavy (non-hydrogen) atoms. The lowest BCUT2D eigenvalue weighted by Gasteiger charge is -2.39. The summed E-state index contributed by atoms with van der Waals surface area (Å²) >= 11 is 1.36. The average molecular weight is 355 g/mol. The summed E-state index contributed by atoms with van der Waals surface area (Å²) in [5.74, 6) is -0.145. The minimum Gasteiger partial charge on any atom is -0.387 e. The molecule has 0 saturated carbocycles. The van der Waals surface area contributed by atoms with E-state index in [-0.39, 0.29) is 24.9 Å². The van der Waals surface area contributed by atoms with Crippen LogP contribution in [-0.2, 0) is 11.2 Å². The molecule has 0 spiro atoms. The Kier molecular flexibility index (Phi) is 6.11. The minimum atomic E-state index is -1.18. The van der Waals surface area contributed by atoms with Crippen LogP contribution in [-0.4, -0.2) is 69.8 Å². The van der Waals surface area contributed by atoms with Crippen LogP contribution < -0.4 is 5.32 Å². The van der Waals surface area contributed by atoms with Crippen LogP contribution in [0, 0.1) is 0 Å². The van der Waals surface area contributed by atoms with Crippen LogP contribution in [0.3, 0.4) is 0 Å². The maximum atomic E-state index is 12.4. The van der Waals surface area contributed by atoms with Gasteiger partial charge in [-0.25, -0.2) is 4.79 Å². The zero-order valence-corrected chi connectivity index (χ0v) is 15.2. The highest BCUT2D eigenvalue weighted by atomic mass is 32.1. The number of carbonyl (C=O) groups is 2. The van der Waals surface area contributed by atoms with E-state index in [1.807, 2.05) is 0 Å². The van der Waals surface area contributed by atoms with Gasteiger partial charge in [-0.15, -0.1) is 10.2 Å². The predicted octanol–water partition coefficient (Wildman–Crippen LogP) is 1.33. The van der Waals surface area contributed by atoms with Crippen LogP contribution in [0.5, 0.6) is 0 Å². The van der Waals surface area contributed by atoms with Gasteiger partial charge in [0.1, 0.15) is 5.01 Å². The molecule has 1 saturated heterocycles. The quantitative estimate of drug-likeness (QED) is 0.830. The number of piperidine rings is 1. The summed E-state index contributed by atoms with van der Waals surface area (Å²) in [4.78, 5) is 27.3. The van der Waals surface area contributed by atoms with Gasteiger partial charge in [-0.2, -0.15) is 0 Å². The van der Waals surface area contributed by atoms with Gasteiger partial charge in [0.25, 0.3) is 0 Å². The molecule has 2 heterocycles. The molecule has 0 bridgehead atoms. The molecule has 8 nitrogen and oxygen atoms in total. The highest BCUT2D eigenvalue weighted by molar-refractivity contribution is 7.15. The number of urea groups is 1. The van der Waals surface area contributed by atoms with Gasteiger partial charge in [0.2, 0.25) is 11.0 Å². The summed E-state index contributed by atoms with van der Waals surface area (Å²) in [6.45, 7) is 2.74. The van der Waals surface area contributed by atoms with Crippen molar-refractivity contribution < 1.29 is 14.7 Å². The van der Waals surface area contributed by atoms with Crippen molar-refractivity contribution in [2.45, 2.75) is 44.6 Å². The average Bonchev–Trinajstić information content (AvgIpc) is 2.94. The third-order valence-corrected chi connectivity index (χ3v) is 4.86. The second-order valence-electron chi connectivity index (χ2n) is 6.40. The lowest BCUT2D eigenvalue weighted by molar-refractivity contribution is -0.135. The number of aryl methyl sites for hydroxylation is 1. The van der Waals surface area contributed by atoms with Gasteiger partial charge in [-0.05, 0) is 19.3 Å². The smallest absolute Gasteiger partial charge is 0.323 e. The van der Waals surface area contributed by atoms with Crippen molar-refractivity contribution in [3.8, 4) is 0 Å². The third kappa shape index (κ3) is 4.88. The molecule has 1 aromatic heterocycles. The van der Waals surface area contributed by atoms with Crippen molar-refractivity contribution in [3.05, 3.63) is 5.01 Å². The molecule has 2 rings (SSSR count). The van der Waals surface area contributed by atoms with E-state index in [0.29, 0.717) is 24.5 Å². The number of hydrogen-bond donors (Lipinski definition) is 2. The number of carbonyl (C=O) groups excluding carboxylic acids is 2. The lowest BCUT2D eigenvalue weighted by atomic mass is 9.89. The first-order chi connectivity index (χ1) is 11.3. The molecule has 1 aromatic rings. The van der Waals surface area contributed by atoms with Gasteiger partial charge < -0.3 is 14.9 Å². The largest absolute Gasteiger partial charge is 0.387 e. The van der Waals surface area contributed by atoms with Crippen molar-refractivity contribution in [1.82, 2.24) is 20.0 Å². The highest BCUT2D eigenvalue weighted by Crippen LogP contribution is 2.26. The standard InChI is InChI=1S/C15H25N5O3S/c1-4-6-11-17-18-13(24-11)16-14(22)20-8-5-7-15(23,10-20)9-12(21)19(2)3/h23H,4-10H2,1-3H3,(H,16,18,22). The van der Waals surface area contributed by atoms with Crippen molar-refractivity contribution in [2.24, 2.45) is 0 Å². The Morgan fingerprint density at radius 3 is 2.83 bits per heavy atom. The maximum absolute atomic E-state index is 12.4. The molecular formula is C15H25N5O3S. The number of aliphatic hydroxyl groups is 1. The number of likely N-dealkylation sites (tertiary alicyclic amines) is 1. The van der Waals surface area contributed by atoms with E-state index in [9.17, 15) is 14.7 Å². The van der Waals surface area contributed by atoms with E-state index in [1.165, 1.54) is 21.1 Å². The van der Waals surface area contributed by atoms with E-state index in [1.54, 1.807) is 14.1 Å². The Morgan fingerprint density at radius 2 is 2.17 bits per heavy atom. The number of β-amino-alcohol motifs (C(OH)–C–C–N with tert-alkyl or cyclic N) is 1. The fraction of sp³-hybridized carbons (Fsp3) is 0.733. The molecule has 1 atom stereocenters. The number of hydrogen-bond acceptors (Lipinski definition) is 6. The van der Waals surface area contributed by atoms with Crippen LogP contribution >= 0.6 is 11.3 Å². The normalized spacial score (nSPS) is 20.8. The molecule has 1 aliphatic rings. The number of aromatic nitrogens is 2. The predicted molar refractivity (Wildman–Crippen MR) is 92.0 cm³/mol. The molecule has 1 aliphatic heterocycles. The molecule has 1 fully saturated rings. The van der Waals surface area contributed by atoms with E-state index in [4.69, 9.17) is 0 Å². The monoisotopic (exact) mass is 355 g/mol. The van der Waals surface area contributed by atoms with Gasteiger partial charge in [-0.3, -0.25) is 10.1 Å². The molecule has 2 N–H and O–H groups in total. The van der Waals surface area contributed by atoms with Crippen LogP contribution in [0.2, 0.25) is 0 Å². The molecule has 134 valence electrons. The molecular weight excluding hydrogens is 330 g/mol. The summed E-state index contributed by atoms with van der Waals surface area (Å²) in [6.07, 6.45) is 2.99. The van der Waals surface area contributed by atoms with Crippen LogP contribution in [0.15, 0.2) is 0 Å². The summed E-state index contributed by atoms with van der Waals surface area (Å²) in [7, 11) is 3.31. The summed E-state index contributed by atoms with van der Waals surface area (Å²) in [5.41, 5.74) is -1.18. The Balaban J connectivity index is 1.95. The van der Waals surface area contributed by atoms with E-state index in [2.05, 4.69) is 22.4 Å². The van der Waals surface area contributed by atoms with Crippen molar-refractivity contribution in [2.75, 3.05) is 32.5 Å². The second kappa shape index (κ2) is 7.89. The Labute approximate surface area is 145 Å². The van der Waals surface area contributed by atoms with E-state index >= 15 is 0 Å². The molecule has 9 heteroatoms. The SMILES string of the molecule is CCCc1nnc(NC(=O)N2CCCC(O)(CC(=O)N(C)C)C2)s1. The van der Waals surface area contributed by atoms with E-state index in [0.717, 1.165) is 17.8 Å². The van der Waals surface area contributed by atoms with Crippen LogP contribution in [0.1, 0.15) is 37.6 Å². The maximum Gasteiger partial charge on any atom is 0.323 e. The molecule has 1 unspecified atom stereocenters. The van der Waals surface area contributed by atoms with Gasteiger partial charge >= 0.3 is 6.03 Å². The molecule has 0 radical (unpaired) electrons. The second-order valence-corrected chi connectivity index (χ2v) is 7.46.